The van der Waals surface area contributed by atoms with Crippen molar-refractivity contribution in [3.8, 4) is 0 Å². The van der Waals surface area contributed by atoms with Gasteiger partial charge < -0.3 is 9.16 Å². The second-order valence-electron chi connectivity index (χ2n) is 7.15. The zero-order valence-corrected chi connectivity index (χ0v) is 15.9. The molecule has 1 fully saturated rings. The Morgan fingerprint density at radius 2 is 1.78 bits per heavy atom. The summed E-state index contributed by atoms with van der Waals surface area (Å²) in [5.41, 5.74) is -5.43. The van der Waals surface area contributed by atoms with Crippen molar-refractivity contribution in [2.75, 3.05) is 13.2 Å². The van der Waals surface area contributed by atoms with Gasteiger partial charge in [-0.25, -0.2) is 0 Å². The zero-order valence-electron chi connectivity index (χ0n) is 14.1. The average Bonchev–Trinajstić information content (AvgIpc) is 2.34. The Kier molecular flexibility index (Phi) is 6.34. The number of halogens is 3. The summed E-state index contributed by atoms with van der Waals surface area (Å²) in [6.45, 7) is 9.82. The fourth-order valence-electron chi connectivity index (χ4n) is 1.88. The largest absolute Gasteiger partial charge is 0.523 e. The molecule has 1 aliphatic heterocycles. The molecule has 138 valence electrons. The van der Waals surface area contributed by atoms with Crippen LogP contribution in [0.4, 0.5) is 13.2 Å². The summed E-state index contributed by atoms with van der Waals surface area (Å²) in [4.78, 5) is 0. The van der Waals surface area contributed by atoms with Gasteiger partial charge in [-0.15, -0.1) is 0 Å². The minimum atomic E-state index is -5.62. The second kappa shape index (κ2) is 6.99. The predicted octanol–water partition coefficient (Wildman–Crippen LogP) is 3.42. The molecule has 0 aromatic heterocycles. The molecule has 0 N–H and O–H groups in total. The van der Waals surface area contributed by atoms with E-state index >= 15 is 0 Å². The van der Waals surface area contributed by atoms with E-state index in [0.717, 1.165) is 0 Å². The smallest absolute Gasteiger partial charge is 0.411 e. The van der Waals surface area contributed by atoms with Gasteiger partial charge in [-0.05, 0) is 31.0 Å². The van der Waals surface area contributed by atoms with Crippen LogP contribution in [0.1, 0.15) is 33.6 Å². The Bertz CT molecular complexity index is 499. The van der Waals surface area contributed by atoms with Crippen molar-refractivity contribution < 1.29 is 34.9 Å². The number of rotatable bonds is 5. The highest BCUT2D eigenvalue weighted by Gasteiger charge is 2.48. The standard InChI is InChI=1S/C13H25F3O5SSi/c1-12(2,3)23(4,5)21-10-7-6-8-19-11(10)9-20-22(17,18)13(14,15)16/h10-11H,6-9H2,1-5H3/t10-,11-/m1/s1. The number of alkyl halides is 3. The van der Waals surface area contributed by atoms with Gasteiger partial charge in [-0.2, -0.15) is 21.6 Å². The summed E-state index contributed by atoms with van der Waals surface area (Å²) in [5.74, 6) is 0. The van der Waals surface area contributed by atoms with Crippen LogP contribution in [-0.2, 0) is 23.5 Å². The third-order valence-corrected chi connectivity index (χ3v) is 9.82. The highest BCUT2D eigenvalue weighted by Crippen LogP contribution is 2.39. The zero-order chi connectivity index (χ0) is 18.1. The molecule has 1 heterocycles. The molecule has 5 nitrogen and oxygen atoms in total. The van der Waals surface area contributed by atoms with Crippen LogP contribution in [0.2, 0.25) is 18.1 Å². The maximum atomic E-state index is 12.3. The van der Waals surface area contributed by atoms with E-state index in [2.05, 4.69) is 4.18 Å². The van der Waals surface area contributed by atoms with Crippen molar-refractivity contribution in [3.63, 3.8) is 0 Å². The van der Waals surface area contributed by atoms with Gasteiger partial charge in [0.1, 0.15) is 6.10 Å². The van der Waals surface area contributed by atoms with Gasteiger partial charge in [0.15, 0.2) is 8.32 Å². The Hall–Kier alpha value is -0.163. The average molecular weight is 378 g/mol. The SMILES string of the molecule is CC(C)(C)[Si](C)(C)O[C@@H]1CCCO[C@@H]1COS(=O)(=O)C(F)(F)F. The Morgan fingerprint density at radius 3 is 2.26 bits per heavy atom. The number of hydrogen-bond donors (Lipinski definition) is 0. The molecule has 0 bridgehead atoms. The Morgan fingerprint density at radius 1 is 1.22 bits per heavy atom. The van der Waals surface area contributed by atoms with Crippen LogP contribution >= 0.6 is 0 Å². The summed E-state index contributed by atoms with van der Waals surface area (Å²) < 4.78 is 74.7. The van der Waals surface area contributed by atoms with Gasteiger partial charge in [0.05, 0.1) is 12.7 Å². The van der Waals surface area contributed by atoms with E-state index in [1.54, 1.807) is 0 Å². The topological polar surface area (TPSA) is 61.8 Å². The summed E-state index contributed by atoms with van der Waals surface area (Å²) in [6.07, 6.45) is 0.0251. The maximum absolute atomic E-state index is 12.3. The van der Waals surface area contributed by atoms with E-state index in [0.29, 0.717) is 19.4 Å². The molecule has 0 saturated carbocycles. The van der Waals surface area contributed by atoms with Crippen LogP contribution in [0.5, 0.6) is 0 Å². The minimum absolute atomic E-state index is 0.0755. The van der Waals surface area contributed by atoms with Crippen molar-refractivity contribution in [2.45, 2.75) is 69.5 Å². The molecule has 1 rings (SSSR count). The summed E-state index contributed by atoms with van der Waals surface area (Å²) in [6, 6.07) is 0. The van der Waals surface area contributed by atoms with Gasteiger partial charge >= 0.3 is 15.6 Å². The van der Waals surface area contributed by atoms with E-state index in [-0.39, 0.29) is 5.04 Å². The van der Waals surface area contributed by atoms with E-state index in [1.807, 2.05) is 33.9 Å². The first-order valence-electron chi connectivity index (χ1n) is 7.42. The normalized spacial score (nSPS) is 24.7. The van der Waals surface area contributed by atoms with Crippen LogP contribution in [0, 0.1) is 0 Å². The van der Waals surface area contributed by atoms with Crippen LogP contribution in [0.25, 0.3) is 0 Å². The molecule has 0 unspecified atom stereocenters. The predicted molar refractivity (Wildman–Crippen MR) is 82.0 cm³/mol. The first-order chi connectivity index (χ1) is 10.2. The lowest BCUT2D eigenvalue weighted by Crippen LogP contribution is -2.50. The second-order valence-corrected chi connectivity index (χ2v) is 13.5. The van der Waals surface area contributed by atoms with Gasteiger partial charge in [0.2, 0.25) is 0 Å². The third kappa shape index (κ3) is 5.41. The highest BCUT2D eigenvalue weighted by molar-refractivity contribution is 7.87. The first-order valence-corrected chi connectivity index (χ1v) is 11.7. The van der Waals surface area contributed by atoms with Gasteiger partial charge in [0.25, 0.3) is 0 Å². The van der Waals surface area contributed by atoms with Gasteiger partial charge in [-0.1, -0.05) is 20.8 Å². The molecular formula is C13H25F3O5SSi. The number of ether oxygens (including phenoxy) is 1. The lowest BCUT2D eigenvalue weighted by Gasteiger charge is -2.42. The van der Waals surface area contributed by atoms with Gasteiger partial charge in [-0.3, -0.25) is 4.18 Å². The molecule has 1 saturated heterocycles. The molecule has 10 heteroatoms. The molecule has 0 spiro atoms. The summed E-state index contributed by atoms with van der Waals surface area (Å²) >= 11 is 0. The number of hydrogen-bond acceptors (Lipinski definition) is 5. The van der Waals surface area contributed by atoms with Crippen LogP contribution < -0.4 is 0 Å². The molecule has 23 heavy (non-hydrogen) atoms. The van der Waals surface area contributed by atoms with Crippen LogP contribution in [-0.4, -0.2) is 47.7 Å². The molecule has 2 atom stereocenters. The molecule has 0 amide bonds. The third-order valence-electron chi connectivity index (χ3n) is 4.30. The minimum Gasteiger partial charge on any atom is -0.411 e. The Labute approximate surface area is 136 Å². The van der Waals surface area contributed by atoms with Gasteiger partial charge in [0, 0.05) is 6.61 Å². The lowest BCUT2D eigenvalue weighted by atomic mass is 10.1. The van der Waals surface area contributed by atoms with Crippen molar-refractivity contribution in [3.05, 3.63) is 0 Å². The first kappa shape index (κ1) is 20.9. The lowest BCUT2D eigenvalue weighted by molar-refractivity contribution is -0.0920. The van der Waals surface area contributed by atoms with E-state index < -0.39 is 42.8 Å². The molecule has 0 aromatic rings. The van der Waals surface area contributed by atoms with Crippen LogP contribution in [0.3, 0.4) is 0 Å². The van der Waals surface area contributed by atoms with Crippen molar-refractivity contribution in [2.24, 2.45) is 0 Å². The van der Waals surface area contributed by atoms with E-state index in [1.165, 1.54) is 0 Å². The molecule has 0 aromatic carbocycles. The van der Waals surface area contributed by atoms with E-state index in [9.17, 15) is 21.6 Å². The summed E-state index contributed by atoms with van der Waals surface area (Å²) in [5, 5.41) is -0.0755. The highest BCUT2D eigenvalue weighted by atomic mass is 32.2. The van der Waals surface area contributed by atoms with E-state index in [4.69, 9.17) is 9.16 Å². The monoisotopic (exact) mass is 378 g/mol. The van der Waals surface area contributed by atoms with Crippen molar-refractivity contribution in [1.29, 1.82) is 0 Å². The Balaban J connectivity index is 2.77. The fraction of sp³-hybridized carbons (Fsp3) is 1.00. The van der Waals surface area contributed by atoms with Crippen molar-refractivity contribution in [1.82, 2.24) is 0 Å². The molecular weight excluding hydrogens is 353 g/mol. The van der Waals surface area contributed by atoms with Crippen LogP contribution in [0.15, 0.2) is 0 Å². The fourth-order valence-corrected chi connectivity index (χ4v) is 3.71. The van der Waals surface area contributed by atoms with Crippen molar-refractivity contribution >= 4 is 18.4 Å². The molecule has 0 radical (unpaired) electrons. The summed E-state index contributed by atoms with van der Waals surface area (Å²) in [7, 11) is -7.77. The molecule has 1 aliphatic rings. The quantitative estimate of drug-likeness (QED) is 0.417. The molecule has 0 aliphatic carbocycles. The maximum Gasteiger partial charge on any atom is 0.523 e.